The molecule has 0 aromatic rings. The standard InChI is InChI=1S/C44H70O23/c1-17-11-43-9-5-22-41(2,7-4-8-42(22,3)40(59)66-38-34(58)29(53)25(49)19(13-46)62-38)23(43)6-10-44(17,16-43)67-39-35(31(55)26(50)20(14-47)63-39)65-37-33(57)30(54)27(51)21(64-37)15-60-36-32(56)28(52)24(48)18(12-45)61-36/h18-39,45-58H,1,4-16H2,2-3H3/t18?,19?,20?,21?,22-,23-,24+,25+,26+,27+,28-,29-,30-,31-,32?,33?,34?,35?,36-,37-,38-,39-,41+,42+,43+,44-/m0/s1. The van der Waals surface area contributed by atoms with E-state index in [0.717, 1.165) is 12.0 Å². The Bertz CT molecular complexity index is 1760. The fourth-order valence-corrected chi connectivity index (χ4v) is 13.4. The van der Waals surface area contributed by atoms with Gasteiger partial charge in [0.05, 0.1) is 37.4 Å². The lowest BCUT2D eigenvalue weighted by molar-refractivity contribution is -0.381. The van der Waals surface area contributed by atoms with E-state index in [4.69, 9.17) is 37.9 Å². The number of aliphatic hydroxyl groups is 14. The van der Waals surface area contributed by atoms with Crippen LogP contribution < -0.4 is 0 Å². The molecule has 2 bridgehead atoms. The molecule has 4 saturated heterocycles. The van der Waals surface area contributed by atoms with E-state index in [1.165, 1.54) is 0 Å². The van der Waals surface area contributed by atoms with Gasteiger partial charge in [-0.25, -0.2) is 0 Å². The van der Waals surface area contributed by atoms with Gasteiger partial charge in [-0.2, -0.15) is 0 Å². The minimum Gasteiger partial charge on any atom is -0.432 e. The first-order valence-electron chi connectivity index (χ1n) is 23.4. The normalized spacial score (nSPS) is 54.5. The van der Waals surface area contributed by atoms with Gasteiger partial charge in [-0.05, 0) is 86.5 Å². The number of aliphatic hydroxyl groups excluding tert-OH is 14. The maximum atomic E-state index is 14.2. The topological polar surface area (TPSA) is 374 Å². The maximum absolute atomic E-state index is 14.2. The third-order valence-corrected chi connectivity index (χ3v) is 17.1. The zero-order valence-electron chi connectivity index (χ0n) is 37.5. The Kier molecular flexibility index (Phi) is 15.0. The van der Waals surface area contributed by atoms with Gasteiger partial charge in [0, 0.05) is 0 Å². The van der Waals surface area contributed by atoms with E-state index in [1.54, 1.807) is 0 Å². The van der Waals surface area contributed by atoms with Crippen molar-refractivity contribution < 1.29 is 114 Å². The molecule has 8 fully saturated rings. The lowest BCUT2D eigenvalue weighted by Crippen LogP contribution is -2.66. The third kappa shape index (κ3) is 8.73. The van der Waals surface area contributed by atoms with E-state index in [9.17, 15) is 76.3 Å². The van der Waals surface area contributed by atoms with E-state index in [-0.39, 0.29) is 17.3 Å². The summed E-state index contributed by atoms with van der Waals surface area (Å²) in [7, 11) is 0. The highest BCUT2D eigenvalue weighted by Crippen LogP contribution is 2.73. The van der Waals surface area contributed by atoms with E-state index in [0.29, 0.717) is 51.4 Å². The van der Waals surface area contributed by atoms with Gasteiger partial charge in [-0.3, -0.25) is 4.79 Å². The van der Waals surface area contributed by atoms with Crippen LogP contribution in [0.15, 0.2) is 12.2 Å². The quantitative estimate of drug-likeness (QED) is 0.0494. The van der Waals surface area contributed by atoms with E-state index >= 15 is 0 Å². The monoisotopic (exact) mass is 966 g/mol. The first kappa shape index (κ1) is 51.7. The minimum atomic E-state index is -1.95. The van der Waals surface area contributed by atoms with Gasteiger partial charge in [-0.1, -0.05) is 19.9 Å². The van der Waals surface area contributed by atoms with Crippen molar-refractivity contribution in [3.05, 3.63) is 12.2 Å². The molecule has 8 rings (SSSR count). The van der Waals surface area contributed by atoms with Crippen LogP contribution in [0.1, 0.15) is 71.6 Å². The molecule has 26 atom stereocenters. The third-order valence-electron chi connectivity index (χ3n) is 17.1. The van der Waals surface area contributed by atoms with Crippen LogP contribution in [-0.2, 0) is 42.7 Å². The Morgan fingerprint density at radius 3 is 1.72 bits per heavy atom. The predicted molar refractivity (Wildman–Crippen MR) is 219 cm³/mol. The summed E-state index contributed by atoms with van der Waals surface area (Å²) in [6, 6.07) is 0. The van der Waals surface area contributed by atoms with Crippen molar-refractivity contribution in [3.8, 4) is 0 Å². The van der Waals surface area contributed by atoms with E-state index < -0.39 is 172 Å². The van der Waals surface area contributed by atoms with Crippen molar-refractivity contribution in [3.63, 3.8) is 0 Å². The Labute approximate surface area is 386 Å². The van der Waals surface area contributed by atoms with Gasteiger partial charge in [0.2, 0.25) is 6.29 Å². The lowest BCUT2D eigenvalue weighted by atomic mass is 9.41. The van der Waals surface area contributed by atoms with Crippen LogP contribution in [0.3, 0.4) is 0 Å². The summed E-state index contributed by atoms with van der Waals surface area (Å²) in [5, 5.41) is 147. The molecule has 0 aromatic heterocycles. The predicted octanol–water partition coefficient (Wildman–Crippen LogP) is -5.11. The summed E-state index contributed by atoms with van der Waals surface area (Å²) in [5.41, 5.74) is -2.12. The first-order chi connectivity index (χ1) is 31.6. The molecule has 8 aliphatic rings. The van der Waals surface area contributed by atoms with Gasteiger partial charge >= 0.3 is 5.97 Å². The molecular formula is C44H70O23. The molecule has 0 amide bonds. The molecule has 8 unspecified atom stereocenters. The summed E-state index contributed by atoms with van der Waals surface area (Å²) in [6.07, 6.45) is -28.0. The molecule has 0 radical (unpaired) electrons. The van der Waals surface area contributed by atoms with Crippen LogP contribution in [0.25, 0.3) is 0 Å². The molecular weight excluding hydrogens is 896 g/mol. The molecule has 4 aliphatic carbocycles. The molecule has 4 saturated carbocycles. The molecule has 0 aromatic carbocycles. The molecule has 4 heterocycles. The fourth-order valence-electron chi connectivity index (χ4n) is 13.4. The molecule has 23 nitrogen and oxygen atoms in total. The molecule has 4 aliphatic heterocycles. The number of ether oxygens (including phenoxy) is 8. The second-order valence-electron chi connectivity index (χ2n) is 20.8. The van der Waals surface area contributed by atoms with Gasteiger partial charge in [0.1, 0.15) is 97.7 Å². The second-order valence-corrected chi connectivity index (χ2v) is 20.8. The molecule has 23 heteroatoms. The second kappa shape index (κ2) is 19.4. The SMILES string of the molecule is C=C1C[C@@]23CC[C@H]4[C@@](C)(CCC[C@@]4(C)C(=O)O[C@@H]4OC(CO)[C@@H](O)[C@H](O)C4O)[C@@H]2CC[C@]1(O[C@@H]1OC(CO)[C@@H](O)[C@H](O)C1O[C@@H]1OC(CO[C@H]2OC(CO)[C@@H](O)[C@H](O)C2O)[C@@H](O)[C@H](O)C1O)C3. The van der Waals surface area contributed by atoms with Gasteiger partial charge in [-0.15, -0.1) is 0 Å². The molecule has 384 valence electrons. The minimum absolute atomic E-state index is 0.0622. The molecule has 14 N–H and O–H groups in total. The van der Waals surface area contributed by atoms with E-state index in [2.05, 4.69) is 13.5 Å². The average molecular weight is 967 g/mol. The Morgan fingerprint density at radius 2 is 1.10 bits per heavy atom. The Morgan fingerprint density at radius 1 is 0.597 bits per heavy atom. The summed E-state index contributed by atoms with van der Waals surface area (Å²) < 4.78 is 47.1. The Hall–Kier alpha value is -1.63. The zero-order chi connectivity index (χ0) is 48.7. The van der Waals surface area contributed by atoms with Gasteiger partial charge in [0.15, 0.2) is 18.9 Å². The first-order valence-corrected chi connectivity index (χ1v) is 23.4. The van der Waals surface area contributed by atoms with Crippen LogP contribution in [0, 0.1) is 28.1 Å². The van der Waals surface area contributed by atoms with Crippen molar-refractivity contribution in [2.24, 2.45) is 28.1 Å². The largest absolute Gasteiger partial charge is 0.432 e. The fraction of sp³-hybridized carbons (Fsp3) is 0.932. The highest BCUT2D eigenvalue weighted by Gasteiger charge is 2.69. The van der Waals surface area contributed by atoms with Gasteiger partial charge in [0.25, 0.3) is 0 Å². The highest BCUT2D eigenvalue weighted by atomic mass is 16.8. The zero-order valence-corrected chi connectivity index (χ0v) is 37.5. The number of hydrogen-bond acceptors (Lipinski definition) is 23. The number of esters is 1. The molecule has 67 heavy (non-hydrogen) atoms. The van der Waals surface area contributed by atoms with Gasteiger partial charge < -0.3 is 109 Å². The van der Waals surface area contributed by atoms with Crippen LogP contribution >= 0.6 is 0 Å². The van der Waals surface area contributed by atoms with Crippen LogP contribution in [-0.4, -0.2) is 232 Å². The van der Waals surface area contributed by atoms with Crippen molar-refractivity contribution in [2.45, 2.75) is 200 Å². The number of carbonyl (C=O) groups excluding carboxylic acids is 1. The summed E-state index contributed by atoms with van der Waals surface area (Å²) in [5.74, 6) is -0.728. The summed E-state index contributed by atoms with van der Waals surface area (Å²) in [6.45, 7) is 5.72. The van der Waals surface area contributed by atoms with Crippen molar-refractivity contribution >= 4 is 5.97 Å². The summed E-state index contributed by atoms with van der Waals surface area (Å²) in [4.78, 5) is 14.2. The van der Waals surface area contributed by atoms with Crippen LogP contribution in [0.2, 0.25) is 0 Å². The van der Waals surface area contributed by atoms with Crippen molar-refractivity contribution in [2.75, 3.05) is 26.4 Å². The number of fused-ring (bicyclic) bond motifs is 3. The van der Waals surface area contributed by atoms with Crippen LogP contribution in [0.4, 0.5) is 0 Å². The maximum Gasteiger partial charge on any atom is 0.314 e. The Balaban J connectivity index is 0.979. The number of rotatable bonds is 12. The van der Waals surface area contributed by atoms with Crippen molar-refractivity contribution in [1.82, 2.24) is 0 Å². The number of carbonyl (C=O) groups is 1. The number of hydrogen-bond donors (Lipinski definition) is 14. The summed E-state index contributed by atoms with van der Waals surface area (Å²) >= 11 is 0. The average Bonchev–Trinajstić information content (AvgIpc) is 3.50. The van der Waals surface area contributed by atoms with Crippen molar-refractivity contribution in [1.29, 1.82) is 0 Å². The lowest BCUT2D eigenvalue weighted by Gasteiger charge is -2.64. The van der Waals surface area contributed by atoms with E-state index in [1.807, 2.05) is 6.92 Å². The highest BCUT2D eigenvalue weighted by molar-refractivity contribution is 5.77. The smallest absolute Gasteiger partial charge is 0.314 e. The van der Waals surface area contributed by atoms with Crippen LogP contribution in [0.5, 0.6) is 0 Å². The molecule has 1 spiro atoms.